The molecular formula is C21H18FNO5. The summed E-state index contributed by atoms with van der Waals surface area (Å²) >= 11 is 0. The molecule has 144 valence electrons. The maximum absolute atomic E-state index is 13.5. The van der Waals surface area contributed by atoms with E-state index in [0.717, 1.165) is 11.8 Å². The van der Waals surface area contributed by atoms with Gasteiger partial charge in [0.05, 0.1) is 0 Å². The monoisotopic (exact) mass is 383 g/mol. The number of hydrogen-bond donors (Lipinski definition) is 2. The van der Waals surface area contributed by atoms with E-state index >= 15 is 0 Å². The van der Waals surface area contributed by atoms with Crippen LogP contribution in [0.1, 0.15) is 32.1 Å². The minimum absolute atomic E-state index is 0.157. The number of aromatic nitrogens is 1. The van der Waals surface area contributed by atoms with Gasteiger partial charge in [0.25, 0.3) is 0 Å². The van der Waals surface area contributed by atoms with Gasteiger partial charge in [-0.1, -0.05) is 6.07 Å². The lowest BCUT2D eigenvalue weighted by atomic mass is 10.1. The van der Waals surface area contributed by atoms with Gasteiger partial charge in [0.15, 0.2) is 6.61 Å². The van der Waals surface area contributed by atoms with E-state index in [0.29, 0.717) is 16.9 Å². The molecule has 0 unspecified atom stereocenters. The summed E-state index contributed by atoms with van der Waals surface area (Å²) in [5, 5.41) is 19.0. The van der Waals surface area contributed by atoms with Crippen LogP contribution in [0, 0.1) is 19.7 Å². The summed E-state index contributed by atoms with van der Waals surface area (Å²) < 4.78 is 20.3. The van der Waals surface area contributed by atoms with Crippen molar-refractivity contribution >= 4 is 11.8 Å². The number of ether oxygens (including phenoxy) is 1. The van der Waals surface area contributed by atoms with Gasteiger partial charge in [0.1, 0.15) is 22.9 Å². The Bertz CT molecular complexity index is 1070. The molecule has 0 aliphatic heterocycles. The number of rotatable bonds is 5. The Morgan fingerprint density at radius 2 is 1.79 bits per heavy atom. The van der Waals surface area contributed by atoms with Crippen LogP contribution in [-0.2, 0) is 4.74 Å². The first-order chi connectivity index (χ1) is 13.3. The standard InChI is InChI=1S/C21H18FNO5/c1-12-8-18(13(2)23(12)15-5-3-4-14(22)9-15)20(26)11-28-21(27)17-7-6-16(24)10-19(17)25/h3-10,24-25H,11H2,1-2H3. The normalized spacial score (nSPS) is 10.7. The van der Waals surface area contributed by atoms with Crippen molar-refractivity contribution < 1.29 is 28.9 Å². The molecule has 0 fully saturated rings. The number of hydrogen-bond acceptors (Lipinski definition) is 5. The number of carbonyl (C=O) groups is 2. The van der Waals surface area contributed by atoms with Gasteiger partial charge < -0.3 is 19.5 Å². The Balaban J connectivity index is 1.78. The van der Waals surface area contributed by atoms with Crippen molar-refractivity contribution in [2.75, 3.05) is 6.61 Å². The molecule has 28 heavy (non-hydrogen) atoms. The van der Waals surface area contributed by atoms with Crippen LogP contribution in [0.2, 0.25) is 0 Å². The van der Waals surface area contributed by atoms with E-state index in [1.807, 2.05) is 0 Å². The molecule has 2 aromatic carbocycles. The maximum Gasteiger partial charge on any atom is 0.342 e. The number of halogens is 1. The zero-order chi connectivity index (χ0) is 20.4. The SMILES string of the molecule is Cc1cc(C(=O)COC(=O)c2ccc(O)cc2O)c(C)n1-c1cccc(F)c1. The molecule has 0 spiro atoms. The van der Waals surface area contributed by atoms with E-state index in [-0.39, 0.29) is 17.1 Å². The number of aryl methyl sites for hydroxylation is 1. The topological polar surface area (TPSA) is 88.8 Å². The Kier molecular flexibility index (Phi) is 5.17. The largest absolute Gasteiger partial charge is 0.508 e. The van der Waals surface area contributed by atoms with Crippen molar-refractivity contribution in [2.45, 2.75) is 13.8 Å². The number of carbonyl (C=O) groups excluding carboxylic acids is 2. The molecule has 0 aliphatic carbocycles. The van der Waals surface area contributed by atoms with Crippen LogP contribution >= 0.6 is 0 Å². The van der Waals surface area contributed by atoms with E-state index in [1.165, 1.54) is 24.3 Å². The number of aromatic hydroxyl groups is 2. The zero-order valence-corrected chi connectivity index (χ0v) is 15.3. The molecule has 0 saturated carbocycles. The molecule has 3 aromatic rings. The van der Waals surface area contributed by atoms with E-state index in [2.05, 4.69) is 0 Å². The second kappa shape index (κ2) is 7.56. The van der Waals surface area contributed by atoms with Gasteiger partial charge in [-0.15, -0.1) is 0 Å². The summed E-state index contributed by atoms with van der Waals surface area (Å²) in [5.41, 5.74) is 2.10. The highest BCUT2D eigenvalue weighted by molar-refractivity contribution is 6.01. The smallest absolute Gasteiger partial charge is 0.342 e. The predicted octanol–water partition coefficient (Wildman–Crippen LogP) is 3.68. The molecule has 1 aromatic heterocycles. The number of Topliss-reactive ketones (excluding diaryl/α,β-unsaturated/α-hetero) is 1. The molecule has 1 heterocycles. The van der Waals surface area contributed by atoms with Crippen LogP contribution < -0.4 is 0 Å². The molecule has 0 amide bonds. The van der Waals surface area contributed by atoms with Crippen molar-refractivity contribution in [2.24, 2.45) is 0 Å². The number of ketones is 1. The second-order valence-corrected chi connectivity index (χ2v) is 6.30. The van der Waals surface area contributed by atoms with Crippen LogP contribution in [0.3, 0.4) is 0 Å². The molecule has 0 bridgehead atoms. The summed E-state index contributed by atoms with van der Waals surface area (Å²) in [5.74, 6) is -2.34. The zero-order valence-electron chi connectivity index (χ0n) is 15.3. The first kappa shape index (κ1) is 19.2. The minimum Gasteiger partial charge on any atom is -0.508 e. The highest BCUT2D eigenvalue weighted by Gasteiger charge is 2.20. The van der Waals surface area contributed by atoms with Crippen LogP contribution in [0.5, 0.6) is 11.5 Å². The van der Waals surface area contributed by atoms with Gasteiger partial charge in [-0.05, 0) is 50.2 Å². The first-order valence-electron chi connectivity index (χ1n) is 8.45. The average molecular weight is 383 g/mol. The van der Waals surface area contributed by atoms with E-state index in [4.69, 9.17) is 4.74 Å². The molecule has 0 radical (unpaired) electrons. The van der Waals surface area contributed by atoms with Gasteiger partial charge in [0.2, 0.25) is 5.78 Å². The molecular weight excluding hydrogens is 365 g/mol. The summed E-state index contributed by atoms with van der Waals surface area (Å²) in [6.45, 7) is 2.99. The quantitative estimate of drug-likeness (QED) is 0.518. The second-order valence-electron chi connectivity index (χ2n) is 6.30. The van der Waals surface area contributed by atoms with Crippen LogP contribution in [0.15, 0.2) is 48.5 Å². The molecule has 7 heteroatoms. The molecule has 3 rings (SSSR count). The average Bonchev–Trinajstić information content (AvgIpc) is 2.93. The summed E-state index contributed by atoms with van der Waals surface area (Å²) in [6.07, 6.45) is 0. The van der Waals surface area contributed by atoms with Crippen LogP contribution in [0.4, 0.5) is 4.39 Å². The van der Waals surface area contributed by atoms with Gasteiger partial charge in [-0.3, -0.25) is 4.79 Å². The fraction of sp³-hybridized carbons (Fsp3) is 0.143. The minimum atomic E-state index is -0.884. The van der Waals surface area contributed by atoms with Crippen LogP contribution in [-0.4, -0.2) is 33.1 Å². The summed E-state index contributed by atoms with van der Waals surface area (Å²) in [4.78, 5) is 24.6. The third-order valence-corrected chi connectivity index (χ3v) is 4.33. The van der Waals surface area contributed by atoms with Crippen molar-refractivity contribution in [3.8, 4) is 17.2 Å². The van der Waals surface area contributed by atoms with Crippen molar-refractivity contribution in [3.05, 3.63) is 76.9 Å². The Hall–Kier alpha value is -3.61. The lowest BCUT2D eigenvalue weighted by molar-refractivity contribution is 0.0471. The van der Waals surface area contributed by atoms with Gasteiger partial charge in [-0.2, -0.15) is 0 Å². The highest BCUT2D eigenvalue weighted by atomic mass is 19.1. The van der Waals surface area contributed by atoms with Crippen molar-refractivity contribution in [1.29, 1.82) is 0 Å². The lowest BCUT2D eigenvalue weighted by Crippen LogP contribution is -2.15. The van der Waals surface area contributed by atoms with Gasteiger partial charge >= 0.3 is 5.97 Å². The Morgan fingerprint density at radius 3 is 2.46 bits per heavy atom. The molecule has 2 N–H and O–H groups in total. The molecule has 0 aliphatic rings. The number of nitrogens with zero attached hydrogens (tertiary/aromatic N) is 1. The third-order valence-electron chi connectivity index (χ3n) is 4.33. The molecule has 0 saturated heterocycles. The summed E-state index contributed by atoms with van der Waals surface area (Å²) in [7, 11) is 0. The number of benzene rings is 2. The fourth-order valence-electron chi connectivity index (χ4n) is 3.04. The molecule has 0 atom stereocenters. The summed E-state index contributed by atoms with van der Waals surface area (Å²) in [6, 6.07) is 11.1. The van der Waals surface area contributed by atoms with E-state index in [1.54, 1.807) is 36.6 Å². The van der Waals surface area contributed by atoms with Crippen LogP contribution in [0.25, 0.3) is 5.69 Å². The Morgan fingerprint density at radius 1 is 1.04 bits per heavy atom. The lowest BCUT2D eigenvalue weighted by Gasteiger charge is -2.10. The fourth-order valence-corrected chi connectivity index (χ4v) is 3.04. The first-order valence-corrected chi connectivity index (χ1v) is 8.45. The van der Waals surface area contributed by atoms with Gasteiger partial charge in [-0.25, -0.2) is 9.18 Å². The van der Waals surface area contributed by atoms with Crippen molar-refractivity contribution in [3.63, 3.8) is 0 Å². The predicted molar refractivity (Wildman–Crippen MR) is 99.6 cm³/mol. The van der Waals surface area contributed by atoms with E-state index < -0.39 is 24.1 Å². The van der Waals surface area contributed by atoms with Gasteiger partial charge in [0, 0.05) is 28.7 Å². The molecule has 6 nitrogen and oxygen atoms in total. The third kappa shape index (κ3) is 3.73. The number of phenols is 2. The highest BCUT2D eigenvalue weighted by Crippen LogP contribution is 2.24. The van der Waals surface area contributed by atoms with E-state index in [9.17, 15) is 24.2 Å². The van der Waals surface area contributed by atoms with Crippen molar-refractivity contribution in [1.82, 2.24) is 4.57 Å². The maximum atomic E-state index is 13.5. The number of phenolic OH excluding ortho intramolecular Hbond substituents is 2. The Labute approximate surface area is 160 Å². The number of esters is 1.